The Morgan fingerprint density at radius 3 is 1.15 bits per heavy atom. The van der Waals surface area contributed by atoms with Crippen LogP contribution in [0.25, 0.3) is 0 Å². The summed E-state index contributed by atoms with van der Waals surface area (Å²) in [4.78, 5) is 25.9. The predicted octanol–water partition coefficient (Wildman–Crippen LogP) is 17.6. The highest BCUT2D eigenvalue weighted by Crippen LogP contribution is 2.34. The van der Waals surface area contributed by atoms with Gasteiger partial charge in [-0.05, 0) is 75.2 Å². The lowest BCUT2D eigenvalue weighted by molar-refractivity contribution is 0.386. The molecule has 0 aliphatic carbocycles. The van der Waals surface area contributed by atoms with Gasteiger partial charge in [-0.1, -0.05) is 172 Å². The molecule has 0 saturated carbocycles. The Kier molecular flexibility index (Phi) is 25.7. The molecular formula is C61H88Cl3FN6O3. The molecule has 0 aliphatic heterocycles. The van der Waals surface area contributed by atoms with Crippen molar-refractivity contribution in [3.63, 3.8) is 0 Å². The third-order valence-electron chi connectivity index (χ3n) is 10.6. The molecule has 0 unspecified atom stereocenters. The quantitative estimate of drug-likeness (QED) is 0.171. The fourth-order valence-electron chi connectivity index (χ4n) is 6.96. The van der Waals surface area contributed by atoms with E-state index in [0.29, 0.717) is 33.2 Å². The number of hydrogen-bond donors (Lipinski definition) is 0. The van der Waals surface area contributed by atoms with Gasteiger partial charge in [0.05, 0.1) is 54.2 Å². The smallest absolute Gasteiger partial charge is 0.213 e. The van der Waals surface area contributed by atoms with Crippen LogP contribution in [0.3, 0.4) is 0 Å². The van der Waals surface area contributed by atoms with Gasteiger partial charge in [0.25, 0.3) is 0 Å². The van der Waals surface area contributed by atoms with Gasteiger partial charge in [0.2, 0.25) is 11.8 Å². The van der Waals surface area contributed by atoms with E-state index in [1.165, 1.54) is 41.8 Å². The molecule has 0 aliphatic rings. The zero-order valence-electron chi connectivity index (χ0n) is 49.4. The molecule has 0 bridgehead atoms. The normalized spacial score (nSPS) is 11.6. The van der Waals surface area contributed by atoms with E-state index in [0.717, 1.165) is 33.5 Å². The molecule has 0 fully saturated rings. The van der Waals surface area contributed by atoms with E-state index in [9.17, 15) is 4.39 Å². The number of nitrogens with zero attached hydrogens (tertiary/aromatic N) is 6. The highest BCUT2D eigenvalue weighted by molar-refractivity contribution is 6.32. The van der Waals surface area contributed by atoms with Crippen molar-refractivity contribution in [2.75, 3.05) is 21.3 Å². The van der Waals surface area contributed by atoms with Gasteiger partial charge in [0, 0.05) is 85.9 Å². The second kappa shape index (κ2) is 28.3. The number of methoxy groups -OCH3 is 3. The van der Waals surface area contributed by atoms with E-state index in [4.69, 9.17) is 49.0 Å². The van der Waals surface area contributed by atoms with Gasteiger partial charge >= 0.3 is 0 Å². The van der Waals surface area contributed by atoms with Gasteiger partial charge in [-0.3, -0.25) is 19.9 Å². The first-order valence-electron chi connectivity index (χ1n) is 24.8. The minimum absolute atomic E-state index is 0.0309. The zero-order chi connectivity index (χ0) is 57.4. The van der Waals surface area contributed by atoms with Crippen molar-refractivity contribution in [1.29, 1.82) is 0 Å². The van der Waals surface area contributed by atoms with Gasteiger partial charge in [0.15, 0.2) is 0 Å². The maximum absolute atomic E-state index is 13.3. The van der Waals surface area contributed by atoms with Gasteiger partial charge < -0.3 is 14.2 Å². The van der Waals surface area contributed by atoms with E-state index in [2.05, 4.69) is 166 Å². The maximum atomic E-state index is 13.3. The van der Waals surface area contributed by atoms with Crippen molar-refractivity contribution in [3.05, 3.63) is 157 Å². The van der Waals surface area contributed by atoms with Crippen LogP contribution < -0.4 is 14.2 Å². The number of rotatable bonds is 3. The molecule has 0 aromatic carbocycles. The number of pyridine rings is 6. The van der Waals surface area contributed by atoms with Crippen LogP contribution in [-0.4, -0.2) is 51.2 Å². The summed E-state index contributed by atoms with van der Waals surface area (Å²) < 4.78 is 28.4. The van der Waals surface area contributed by atoms with Crippen molar-refractivity contribution in [3.8, 4) is 17.5 Å². The summed E-state index contributed by atoms with van der Waals surface area (Å²) in [7, 11) is 4.73. The lowest BCUT2D eigenvalue weighted by atomic mass is 9.88. The van der Waals surface area contributed by atoms with Gasteiger partial charge in [-0.15, -0.1) is 0 Å². The van der Waals surface area contributed by atoms with Crippen molar-refractivity contribution < 1.29 is 18.6 Å². The summed E-state index contributed by atoms with van der Waals surface area (Å²) in [5.74, 6) is 1.45. The first-order chi connectivity index (χ1) is 33.7. The van der Waals surface area contributed by atoms with Crippen molar-refractivity contribution in [2.24, 2.45) is 0 Å². The molecule has 0 atom stereocenters. The largest absolute Gasteiger partial charge is 0.495 e. The van der Waals surface area contributed by atoms with Crippen LogP contribution in [0.4, 0.5) is 4.39 Å². The van der Waals surface area contributed by atoms with Gasteiger partial charge in [-0.25, -0.2) is 14.4 Å². The van der Waals surface area contributed by atoms with Crippen molar-refractivity contribution >= 4 is 34.8 Å². The molecule has 408 valence electrons. The van der Waals surface area contributed by atoms with Crippen LogP contribution in [0.15, 0.2) is 79.1 Å². The lowest BCUT2D eigenvalue weighted by Crippen LogP contribution is -2.16. The van der Waals surface area contributed by atoms with Crippen LogP contribution in [-0.2, 0) is 32.5 Å². The monoisotopic (exact) mass is 1080 g/mol. The standard InChI is InChI=1S/C11H17N.2C10H14ClNO.C10H14ClN.C10H14FNO.C10H15N/c1-8-6-7-9(2)12-10(8)11(3,4)5;1-10(2,3)9-8(11)7(13-4)5-6-12-9;1-10(2,3)9-7(11)5-6-8(12-9)13-4;1-7-5-6-8(11)9(12-7)10(2,3)4;1-10(2,3)9-7(11)5-6-8(12-9)13-4;1-8-6-5-7-11-9(8)10(2,3)4/h6-7H,1-5H3;2*5-6H,1-4H3;5-6H,1-4H3;5-6H,1-4H3;5-7H,1-4H3. The molecule has 0 saturated heterocycles. The molecule has 0 spiro atoms. The van der Waals surface area contributed by atoms with Crippen molar-refractivity contribution in [2.45, 2.75) is 185 Å². The Labute approximate surface area is 461 Å². The van der Waals surface area contributed by atoms with Crippen LogP contribution in [0.2, 0.25) is 15.1 Å². The van der Waals surface area contributed by atoms with Gasteiger partial charge in [0.1, 0.15) is 16.6 Å². The summed E-state index contributed by atoms with van der Waals surface area (Å²) in [5.41, 5.74) is 10.2. The molecule has 6 aromatic rings. The van der Waals surface area contributed by atoms with Gasteiger partial charge in [-0.2, -0.15) is 0 Å². The molecule has 13 heteroatoms. The second-order valence-corrected chi connectivity index (χ2v) is 25.3. The predicted molar refractivity (Wildman–Crippen MR) is 311 cm³/mol. The zero-order valence-corrected chi connectivity index (χ0v) is 51.7. The summed E-state index contributed by atoms with van der Waals surface area (Å²) in [6.07, 6.45) is 3.57. The number of aryl methyl sites for hydroxylation is 4. The highest BCUT2D eigenvalue weighted by Gasteiger charge is 2.24. The molecule has 0 N–H and O–H groups in total. The molecule has 6 rings (SSSR count). The Hall–Kier alpha value is -4.90. The number of aromatic nitrogens is 6. The minimum atomic E-state index is -0.293. The van der Waals surface area contributed by atoms with E-state index in [1.807, 2.05) is 65.1 Å². The van der Waals surface area contributed by atoms with E-state index < -0.39 is 0 Å². The molecule has 74 heavy (non-hydrogen) atoms. The van der Waals surface area contributed by atoms with Crippen LogP contribution >= 0.6 is 34.8 Å². The van der Waals surface area contributed by atoms with Crippen LogP contribution in [0.5, 0.6) is 17.5 Å². The Morgan fingerprint density at radius 1 is 0.378 bits per heavy atom. The number of hydrogen-bond acceptors (Lipinski definition) is 9. The fourth-order valence-corrected chi connectivity index (χ4v) is 8.21. The minimum Gasteiger partial charge on any atom is -0.495 e. The number of ether oxygens (including phenoxy) is 3. The molecule has 6 heterocycles. The van der Waals surface area contributed by atoms with Crippen LogP contribution in [0.1, 0.15) is 181 Å². The summed E-state index contributed by atoms with van der Waals surface area (Å²) in [5, 5.41) is 2.05. The summed E-state index contributed by atoms with van der Waals surface area (Å²) in [6, 6.07) is 20.4. The summed E-state index contributed by atoms with van der Waals surface area (Å²) >= 11 is 18.1. The Balaban J connectivity index is 0.000000444. The first kappa shape index (κ1) is 67.1. The fraction of sp³-hybridized carbons (Fsp3) is 0.508. The lowest BCUT2D eigenvalue weighted by Gasteiger charge is -2.20. The number of halogens is 4. The van der Waals surface area contributed by atoms with Crippen LogP contribution in [0, 0.1) is 33.5 Å². The van der Waals surface area contributed by atoms with E-state index in [1.54, 1.807) is 32.5 Å². The highest BCUT2D eigenvalue weighted by atomic mass is 35.5. The third-order valence-corrected chi connectivity index (χ3v) is 11.6. The second-order valence-electron chi connectivity index (χ2n) is 24.1. The van der Waals surface area contributed by atoms with E-state index >= 15 is 0 Å². The Morgan fingerprint density at radius 2 is 0.757 bits per heavy atom. The average Bonchev–Trinajstić information content (AvgIpc) is 3.27. The SMILES string of the molecule is COc1ccc(Cl)c(C(C)(C)C)n1.COc1ccc(F)c(C(C)(C)C)n1.COc1ccnc(C(C)(C)C)c1Cl.Cc1ccc(C)c(C(C)(C)C)n1.Cc1ccc(Cl)c(C(C)(C)C)n1.Cc1cccnc1C(C)(C)C. The molecule has 9 nitrogen and oxygen atoms in total. The topological polar surface area (TPSA) is 105 Å². The molecule has 0 amide bonds. The maximum Gasteiger partial charge on any atom is 0.213 e. The average molecular weight is 1080 g/mol. The first-order valence-corrected chi connectivity index (χ1v) is 25.9. The van der Waals surface area contributed by atoms with E-state index in [-0.39, 0.29) is 38.3 Å². The molecule has 0 radical (unpaired) electrons. The Bertz CT molecular complexity index is 2550. The molecule has 6 aromatic heterocycles. The molecular weight excluding hydrogens is 990 g/mol. The third kappa shape index (κ3) is 22.5. The summed E-state index contributed by atoms with van der Waals surface area (Å²) in [6.45, 7) is 45.9. The van der Waals surface area contributed by atoms with Crippen molar-refractivity contribution in [1.82, 2.24) is 29.9 Å².